The number of hydrazine groups is 1. The molecule has 0 aromatic heterocycles. The Labute approximate surface area is 91.9 Å². The molecule has 2 aliphatic carbocycles. The summed E-state index contributed by atoms with van der Waals surface area (Å²) in [7, 11) is 0. The highest BCUT2D eigenvalue weighted by Crippen LogP contribution is 2.43. The van der Waals surface area contributed by atoms with Crippen LogP contribution >= 0.6 is 0 Å². The van der Waals surface area contributed by atoms with Gasteiger partial charge in [0.05, 0.1) is 0 Å². The summed E-state index contributed by atoms with van der Waals surface area (Å²) in [5, 5.41) is 5.55. The molecule has 3 saturated heterocycles. The van der Waals surface area contributed by atoms with Crippen LogP contribution in [0.3, 0.4) is 0 Å². The van der Waals surface area contributed by atoms with Crippen LogP contribution in [0.25, 0.3) is 0 Å². The van der Waals surface area contributed by atoms with E-state index in [2.05, 4.69) is 22.2 Å². The van der Waals surface area contributed by atoms with Crippen molar-refractivity contribution < 1.29 is 0 Å². The SMILES string of the molecule is C1=C[C@H]2CCC[C@@H]1N1C3CCC(CC3)N21. The summed E-state index contributed by atoms with van der Waals surface area (Å²) in [6.45, 7) is 0. The maximum Gasteiger partial charge on any atom is 0.0429 e. The van der Waals surface area contributed by atoms with E-state index in [9.17, 15) is 0 Å². The topological polar surface area (TPSA) is 6.48 Å². The molecular formula is C13H20N2. The van der Waals surface area contributed by atoms with Crippen molar-refractivity contribution in [1.82, 2.24) is 10.0 Å². The second-order valence-corrected chi connectivity index (χ2v) is 5.67. The predicted molar refractivity (Wildman–Crippen MR) is 60.3 cm³/mol. The Morgan fingerprint density at radius 3 is 1.60 bits per heavy atom. The van der Waals surface area contributed by atoms with Gasteiger partial charge in [0.25, 0.3) is 0 Å². The van der Waals surface area contributed by atoms with Crippen molar-refractivity contribution in [1.29, 1.82) is 0 Å². The van der Waals surface area contributed by atoms with Gasteiger partial charge in [-0.1, -0.05) is 12.2 Å². The van der Waals surface area contributed by atoms with Gasteiger partial charge in [-0.3, -0.25) is 0 Å². The second-order valence-electron chi connectivity index (χ2n) is 5.67. The minimum Gasteiger partial charge on any atom is -0.231 e. The summed E-state index contributed by atoms with van der Waals surface area (Å²) in [5.74, 6) is 0. The normalized spacial score (nSPS) is 56.5. The van der Waals surface area contributed by atoms with E-state index in [1.807, 2.05) is 0 Å². The average molecular weight is 204 g/mol. The van der Waals surface area contributed by atoms with Gasteiger partial charge in [0, 0.05) is 24.2 Å². The predicted octanol–water partition coefficient (Wildman–Crippen LogP) is 2.32. The molecule has 0 spiro atoms. The first-order valence-corrected chi connectivity index (χ1v) is 6.68. The van der Waals surface area contributed by atoms with Gasteiger partial charge < -0.3 is 0 Å². The fourth-order valence-corrected chi connectivity index (χ4v) is 4.27. The summed E-state index contributed by atoms with van der Waals surface area (Å²) < 4.78 is 0. The maximum absolute atomic E-state index is 2.77. The van der Waals surface area contributed by atoms with Gasteiger partial charge >= 0.3 is 0 Å². The molecule has 15 heavy (non-hydrogen) atoms. The Kier molecular flexibility index (Phi) is 1.80. The standard InChI is InChI=1S/C13H20N2/c1-2-10-4-5-11(3-1)15-13-8-6-12(7-9-13)14(10)15/h4-5,10-13H,1-3,6-9H2/t10-,11+,12?,13?. The van der Waals surface area contributed by atoms with Crippen LogP contribution in [0.1, 0.15) is 44.9 Å². The van der Waals surface area contributed by atoms with Crippen LogP contribution in [0.5, 0.6) is 0 Å². The quantitative estimate of drug-likeness (QED) is 0.559. The highest BCUT2D eigenvalue weighted by atomic mass is 15.7. The van der Waals surface area contributed by atoms with Crippen LogP contribution in [0, 0.1) is 0 Å². The smallest absolute Gasteiger partial charge is 0.0429 e. The van der Waals surface area contributed by atoms with Crippen LogP contribution in [0.2, 0.25) is 0 Å². The van der Waals surface area contributed by atoms with Gasteiger partial charge in [-0.2, -0.15) is 0 Å². The highest BCUT2D eigenvalue weighted by molar-refractivity contribution is 5.12. The molecule has 6 aliphatic rings. The van der Waals surface area contributed by atoms with E-state index in [0.29, 0.717) is 0 Å². The van der Waals surface area contributed by atoms with Crippen LogP contribution in [-0.2, 0) is 0 Å². The largest absolute Gasteiger partial charge is 0.231 e. The van der Waals surface area contributed by atoms with Crippen molar-refractivity contribution in [2.75, 3.05) is 0 Å². The molecule has 4 atom stereocenters. The Morgan fingerprint density at radius 2 is 1.13 bits per heavy atom. The lowest BCUT2D eigenvalue weighted by Gasteiger charge is -2.58. The minimum atomic E-state index is 0.747. The first-order chi connectivity index (χ1) is 7.43. The third-order valence-electron chi connectivity index (χ3n) is 4.92. The number of nitrogens with zero attached hydrogens (tertiary/aromatic N) is 2. The molecule has 0 amide bonds. The molecule has 4 bridgehead atoms. The molecule has 4 aliphatic heterocycles. The Balaban J connectivity index is 1.77. The number of hydrogen-bond donors (Lipinski definition) is 0. The number of rotatable bonds is 0. The van der Waals surface area contributed by atoms with Gasteiger partial charge in [0.2, 0.25) is 0 Å². The average Bonchev–Trinajstić information content (AvgIpc) is 2.65. The van der Waals surface area contributed by atoms with Crippen LogP contribution in [0.4, 0.5) is 0 Å². The summed E-state index contributed by atoms with van der Waals surface area (Å²) in [5.41, 5.74) is 0. The fourth-order valence-electron chi connectivity index (χ4n) is 4.27. The molecule has 2 unspecified atom stereocenters. The minimum absolute atomic E-state index is 0.747. The zero-order valence-electron chi connectivity index (χ0n) is 9.31. The van der Waals surface area contributed by atoms with E-state index in [-0.39, 0.29) is 0 Å². The van der Waals surface area contributed by atoms with Crippen molar-refractivity contribution in [2.24, 2.45) is 0 Å². The molecule has 4 heterocycles. The molecule has 0 aromatic carbocycles. The Hall–Kier alpha value is -0.340. The first kappa shape index (κ1) is 8.77. The van der Waals surface area contributed by atoms with Crippen LogP contribution in [-0.4, -0.2) is 34.2 Å². The van der Waals surface area contributed by atoms with Gasteiger partial charge in [-0.15, -0.1) is 0 Å². The summed E-state index contributed by atoms with van der Waals surface area (Å²) in [6.07, 6.45) is 15.0. The number of hydrogen-bond acceptors (Lipinski definition) is 2. The van der Waals surface area contributed by atoms with E-state index < -0.39 is 0 Å². The summed E-state index contributed by atoms with van der Waals surface area (Å²) in [4.78, 5) is 0. The lowest BCUT2D eigenvalue weighted by atomic mass is 9.84. The lowest BCUT2D eigenvalue weighted by Crippen LogP contribution is -2.67. The Morgan fingerprint density at radius 1 is 0.667 bits per heavy atom. The summed E-state index contributed by atoms with van der Waals surface area (Å²) >= 11 is 0. The van der Waals surface area contributed by atoms with Crippen molar-refractivity contribution in [3.63, 3.8) is 0 Å². The molecule has 0 aromatic rings. The molecule has 2 heteroatoms. The zero-order chi connectivity index (χ0) is 9.83. The van der Waals surface area contributed by atoms with E-state index in [0.717, 1.165) is 24.2 Å². The molecule has 0 radical (unpaired) electrons. The molecule has 0 N–H and O–H groups in total. The third kappa shape index (κ3) is 1.12. The molecule has 82 valence electrons. The monoisotopic (exact) mass is 204 g/mol. The van der Waals surface area contributed by atoms with Gasteiger partial charge in [-0.05, 0) is 44.9 Å². The van der Waals surface area contributed by atoms with Gasteiger partial charge in [0.1, 0.15) is 0 Å². The summed E-state index contributed by atoms with van der Waals surface area (Å²) in [6, 6.07) is 3.25. The maximum atomic E-state index is 2.77. The zero-order valence-corrected chi connectivity index (χ0v) is 9.31. The van der Waals surface area contributed by atoms with Crippen LogP contribution < -0.4 is 0 Å². The van der Waals surface area contributed by atoms with Gasteiger partial charge in [0.15, 0.2) is 0 Å². The van der Waals surface area contributed by atoms with Crippen molar-refractivity contribution >= 4 is 0 Å². The fraction of sp³-hybridized carbons (Fsp3) is 0.846. The highest BCUT2D eigenvalue weighted by Gasteiger charge is 2.47. The lowest BCUT2D eigenvalue weighted by molar-refractivity contribution is -0.187. The van der Waals surface area contributed by atoms with Crippen molar-refractivity contribution in [2.45, 2.75) is 69.1 Å². The Bertz CT molecular complexity index is 263. The van der Waals surface area contributed by atoms with Gasteiger partial charge in [-0.25, -0.2) is 10.0 Å². The molecule has 2 nitrogen and oxygen atoms in total. The van der Waals surface area contributed by atoms with Crippen molar-refractivity contribution in [3.05, 3.63) is 12.2 Å². The molecule has 4 fully saturated rings. The van der Waals surface area contributed by atoms with E-state index in [4.69, 9.17) is 0 Å². The third-order valence-corrected chi connectivity index (χ3v) is 4.92. The first-order valence-electron chi connectivity index (χ1n) is 6.68. The van der Waals surface area contributed by atoms with E-state index >= 15 is 0 Å². The number of fused-ring (bicyclic) bond motifs is 4. The van der Waals surface area contributed by atoms with E-state index in [1.165, 1.54) is 44.9 Å². The second kappa shape index (κ2) is 3.08. The molecular weight excluding hydrogens is 184 g/mol. The van der Waals surface area contributed by atoms with Crippen molar-refractivity contribution in [3.8, 4) is 0 Å². The van der Waals surface area contributed by atoms with Crippen LogP contribution in [0.15, 0.2) is 12.2 Å². The van der Waals surface area contributed by atoms with E-state index in [1.54, 1.807) is 0 Å². The molecule has 6 rings (SSSR count). The molecule has 1 saturated carbocycles.